The van der Waals surface area contributed by atoms with Gasteiger partial charge in [0.15, 0.2) is 0 Å². The number of hydrogen-bond donors (Lipinski definition) is 0. The number of hydroxylamine groups is 2. The summed E-state index contributed by atoms with van der Waals surface area (Å²) < 4.78 is 5.83. The molecule has 0 N–H and O–H groups in total. The van der Waals surface area contributed by atoms with Crippen LogP contribution in [0.4, 0.5) is 5.69 Å². The van der Waals surface area contributed by atoms with Crippen LogP contribution in [0.1, 0.15) is 84.6 Å². The monoisotopic (exact) mass is 618 g/mol. The summed E-state index contributed by atoms with van der Waals surface area (Å²) in [5.74, 6) is -1.79. The zero-order chi connectivity index (χ0) is 32.6. The number of hydrogen-bond acceptors (Lipinski definition) is 7. The van der Waals surface area contributed by atoms with Gasteiger partial charge in [0.05, 0.1) is 11.1 Å². The van der Waals surface area contributed by atoms with E-state index in [0.717, 1.165) is 59.3 Å². The maximum Gasteiger partial charge on any atom is 0.363 e. The first-order valence-corrected chi connectivity index (χ1v) is 15.8. The Morgan fingerprint density at radius 3 is 1.87 bits per heavy atom. The summed E-state index contributed by atoms with van der Waals surface area (Å²) in [4.78, 5) is 56.1. The molecule has 8 heteroatoms. The maximum absolute atomic E-state index is 13.1. The van der Waals surface area contributed by atoms with Gasteiger partial charge in [-0.1, -0.05) is 75.4 Å². The summed E-state index contributed by atoms with van der Waals surface area (Å²) >= 11 is 0. The summed E-state index contributed by atoms with van der Waals surface area (Å²) in [7, 11) is 0. The third-order valence-corrected chi connectivity index (χ3v) is 7.92. The molecule has 1 fully saturated rings. The lowest BCUT2D eigenvalue weighted by Crippen LogP contribution is -2.32. The minimum absolute atomic E-state index is 0.0486. The maximum atomic E-state index is 13.1. The van der Waals surface area contributed by atoms with Gasteiger partial charge in [0.25, 0.3) is 11.8 Å². The predicted molar refractivity (Wildman–Crippen MR) is 182 cm³/mol. The highest BCUT2D eigenvalue weighted by Gasteiger charge is 2.33. The smallest absolute Gasteiger partial charge is 0.363 e. The molecule has 1 saturated heterocycles. The Morgan fingerprint density at radius 2 is 1.33 bits per heavy atom. The van der Waals surface area contributed by atoms with E-state index in [9.17, 15) is 19.2 Å². The van der Waals surface area contributed by atoms with Crippen molar-refractivity contribution in [1.29, 1.82) is 0 Å². The minimum atomic E-state index is -0.759. The van der Waals surface area contributed by atoms with Gasteiger partial charge >= 0.3 is 11.6 Å². The van der Waals surface area contributed by atoms with Crippen LogP contribution in [0.15, 0.2) is 75.9 Å². The van der Waals surface area contributed by atoms with Gasteiger partial charge in [-0.05, 0) is 71.9 Å². The van der Waals surface area contributed by atoms with Gasteiger partial charge in [0, 0.05) is 43.1 Å². The molecule has 1 aromatic heterocycles. The lowest BCUT2D eigenvalue weighted by Gasteiger charge is -2.24. The molecule has 0 unspecified atom stereocenters. The van der Waals surface area contributed by atoms with E-state index >= 15 is 0 Å². The number of rotatable bonds is 12. The largest absolute Gasteiger partial charge is 0.422 e. The molecule has 4 aromatic rings. The van der Waals surface area contributed by atoms with Crippen molar-refractivity contribution in [2.75, 3.05) is 18.0 Å². The van der Waals surface area contributed by atoms with E-state index < -0.39 is 17.8 Å². The van der Waals surface area contributed by atoms with Gasteiger partial charge in [0.2, 0.25) is 0 Å². The summed E-state index contributed by atoms with van der Waals surface area (Å²) in [6, 6.07) is 20.8. The third kappa shape index (κ3) is 7.34. The molecule has 0 spiro atoms. The summed E-state index contributed by atoms with van der Waals surface area (Å²) in [6.45, 7) is 8.30. The van der Waals surface area contributed by atoms with Crippen molar-refractivity contribution in [3.05, 3.63) is 111 Å². The zero-order valence-electron chi connectivity index (χ0n) is 26.5. The second-order valence-corrected chi connectivity index (χ2v) is 11.2. The topological polar surface area (TPSA) is 97.1 Å². The Labute approximate surface area is 268 Å². The van der Waals surface area contributed by atoms with Gasteiger partial charge < -0.3 is 14.2 Å². The highest BCUT2D eigenvalue weighted by atomic mass is 16.7. The van der Waals surface area contributed by atoms with E-state index in [1.54, 1.807) is 24.3 Å². The Hall–Kier alpha value is -5.24. The van der Waals surface area contributed by atoms with Crippen LogP contribution in [0.5, 0.6) is 0 Å². The van der Waals surface area contributed by atoms with Crippen molar-refractivity contribution < 1.29 is 23.6 Å². The Kier molecular flexibility index (Phi) is 10.3. The van der Waals surface area contributed by atoms with E-state index in [2.05, 4.69) is 37.8 Å². The highest BCUT2D eigenvalue weighted by molar-refractivity contribution is 6.02. The Bertz CT molecular complexity index is 1830. The van der Waals surface area contributed by atoms with Gasteiger partial charge in [-0.15, -0.1) is 5.06 Å². The van der Waals surface area contributed by atoms with E-state index in [1.807, 2.05) is 54.6 Å². The van der Waals surface area contributed by atoms with Crippen molar-refractivity contribution in [1.82, 2.24) is 5.06 Å². The second kappa shape index (κ2) is 14.7. The van der Waals surface area contributed by atoms with Gasteiger partial charge in [0.1, 0.15) is 5.58 Å². The lowest BCUT2D eigenvalue weighted by molar-refractivity contribution is -0.172. The van der Waals surface area contributed by atoms with Gasteiger partial charge in [-0.25, -0.2) is 9.59 Å². The molecule has 46 heavy (non-hydrogen) atoms. The van der Waals surface area contributed by atoms with Crippen LogP contribution >= 0.6 is 0 Å². The Morgan fingerprint density at radius 1 is 0.783 bits per heavy atom. The third-order valence-electron chi connectivity index (χ3n) is 7.92. The molecule has 5 rings (SSSR count). The van der Waals surface area contributed by atoms with E-state index in [0.29, 0.717) is 22.6 Å². The molecule has 0 saturated carbocycles. The van der Waals surface area contributed by atoms with Crippen LogP contribution in [0.3, 0.4) is 0 Å². The number of imide groups is 1. The molecule has 0 atom stereocenters. The fourth-order valence-corrected chi connectivity index (χ4v) is 5.54. The standard InChI is InChI=1S/C38H38N2O6/c1-4-23-39(24-5-2)30-18-20-32-31(6-3)33(38(44)45-34(32)25-30)19-15-27-10-7-26(8-11-27)9-12-28-13-16-29(17-14-28)37(43)46-40-35(41)21-22-36(40)42/h7-20,25H,4-6,21-24H2,1-3H3/b12-9+,19-15+. The van der Waals surface area contributed by atoms with Crippen LogP contribution in [-0.2, 0) is 20.8 Å². The van der Waals surface area contributed by atoms with Crippen molar-refractivity contribution in [3.8, 4) is 0 Å². The number of fused-ring (bicyclic) bond motifs is 1. The predicted octanol–water partition coefficient (Wildman–Crippen LogP) is 7.54. The average molecular weight is 619 g/mol. The Balaban J connectivity index is 1.26. The second-order valence-electron chi connectivity index (χ2n) is 11.2. The molecular formula is C38H38N2O6. The number of anilines is 1. The van der Waals surface area contributed by atoms with Crippen LogP contribution < -0.4 is 10.5 Å². The van der Waals surface area contributed by atoms with Crippen molar-refractivity contribution >= 4 is 58.7 Å². The summed E-state index contributed by atoms with van der Waals surface area (Å²) in [5, 5.41) is 1.50. The summed E-state index contributed by atoms with van der Waals surface area (Å²) in [5.41, 5.74) is 5.92. The highest BCUT2D eigenvalue weighted by Crippen LogP contribution is 2.27. The molecule has 236 valence electrons. The number of amides is 2. The number of nitrogens with zero attached hydrogens (tertiary/aromatic N) is 2. The van der Waals surface area contributed by atoms with Crippen LogP contribution in [0.25, 0.3) is 35.3 Å². The van der Waals surface area contributed by atoms with Crippen molar-refractivity contribution in [2.24, 2.45) is 0 Å². The fourth-order valence-electron chi connectivity index (χ4n) is 5.54. The van der Waals surface area contributed by atoms with Crippen LogP contribution in [0.2, 0.25) is 0 Å². The number of benzene rings is 3. The molecule has 2 amide bonds. The van der Waals surface area contributed by atoms with Crippen LogP contribution in [0, 0.1) is 0 Å². The van der Waals surface area contributed by atoms with E-state index in [4.69, 9.17) is 9.25 Å². The lowest BCUT2D eigenvalue weighted by atomic mass is 10.0. The molecule has 2 heterocycles. The number of aryl methyl sites for hydroxylation is 1. The molecule has 0 radical (unpaired) electrons. The first kappa shape index (κ1) is 32.2. The minimum Gasteiger partial charge on any atom is -0.422 e. The molecule has 1 aliphatic heterocycles. The summed E-state index contributed by atoms with van der Waals surface area (Å²) in [6.07, 6.45) is 10.5. The molecular weight excluding hydrogens is 580 g/mol. The zero-order valence-corrected chi connectivity index (χ0v) is 26.5. The number of carbonyl (C=O) groups excluding carboxylic acids is 3. The molecule has 8 nitrogen and oxygen atoms in total. The van der Waals surface area contributed by atoms with Crippen molar-refractivity contribution in [2.45, 2.75) is 52.9 Å². The average Bonchev–Trinajstić information content (AvgIpc) is 3.38. The first-order chi connectivity index (χ1) is 22.3. The SMILES string of the molecule is CCCN(CCC)c1ccc2c(CC)c(/C=C/c3ccc(/C=C/c4ccc(C(=O)ON5C(=O)CCC5=O)cc4)cc3)c(=O)oc2c1. The molecule has 0 bridgehead atoms. The quantitative estimate of drug-likeness (QED) is 0.0919. The van der Waals surface area contributed by atoms with Gasteiger partial charge in [-0.2, -0.15) is 0 Å². The molecule has 3 aromatic carbocycles. The molecule has 1 aliphatic rings. The van der Waals surface area contributed by atoms with E-state index in [1.165, 1.54) is 0 Å². The fraction of sp³-hybridized carbons (Fsp3) is 0.263. The molecule has 0 aliphatic carbocycles. The van der Waals surface area contributed by atoms with E-state index in [-0.39, 0.29) is 24.0 Å². The number of carbonyl (C=O) groups is 3. The van der Waals surface area contributed by atoms with Gasteiger partial charge in [-0.3, -0.25) is 9.59 Å². The first-order valence-electron chi connectivity index (χ1n) is 15.8. The normalized spacial score (nSPS) is 13.4. The van der Waals surface area contributed by atoms with Crippen molar-refractivity contribution in [3.63, 3.8) is 0 Å². The van der Waals surface area contributed by atoms with Crippen LogP contribution in [-0.4, -0.2) is 35.9 Å².